The number of nitrogens with zero attached hydrogens (tertiary/aromatic N) is 3. The summed E-state index contributed by atoms with van der Waals surface area (Å²) in [6, 6.07) is 17.2. The van der Waals surface area contributed by atoms with Crippen LogP contribution in [0.15, 0.2) is 54.6 Å². The highest BCUT2D eigenvalue weighted by Gasteiger charge is 2.35. The van der Waals surface area contributed by atoms with E-state index in [0.717, 1.165) is 16.3 Å². The fraction of sp³-hybridized carbons (Fsp3) is 0.238. The van der Waals surface area contributed by atoms with Gasteiger partial charge in [-0.05, 0) is 17.7 Å². The van der Waals surface area contributed by atoms with E-state index in [9.17, 15) is 9.59 Å². The molecule has 1 fully saturated rings. The smallest absolute Gasteiger partial charge is 0.231 e. The highest BCUT2D eigenvalue weighted by Crippen LogP contribution is 2.29. The van der Waals surface area contributed by atoms with Gasteiger partial charge in [0, 0.05) is 31.1 Å². The largest absolute Gasteiger partial charge is 0.497 e. The Balaban J connectivity index is 1.38. The van der Waals surface area contributed by atoms with Crippen LogP contribution in [0.25, 0.3) is 0 Å². The number of carbonyl (C=O) groups is 2. The van der Waals surface area contributed by atoms with Crippen molar-refractivity contribution in [3.63, 3.8) is 0 Å². The second-order valence-corrected chi connectivity index (χ2v) is 7.82. The van der Waals surface area contributed by atoms with Crippen LogP contribution >= 0.6 is 11.3 Å². The lowest BCUT2D eigenvalue weighted by atomic mass is 10.1. The maximum Gasteiger partial charge on any atom is 0.231 e. The van der Waals surface area contributed by atoms with E-state index in [4.69, 9.17) is 4.74 Å². The predicted octanol–water partition coefficient (Wildman–Crippen LogP) is 3.13. The van der Waals surface area contributed by atoms with Gasteiger partial charge in [0.1, 0.15) is 10.8 Å². The minimum atomic E-state index is -0.435. The van der Waals surface area contributed by atoms with Crippen LogP contribution in [0.4, 0.5) is 10.8 Å². The number of hydrogen-bond acceptors (Lipinski definition) is 6. The van der Waals surface area contributed by atoms with E-state index < -0.39 is 5.92 Å². The molecule has 1 N–H and O–H groups in total. The van der Waals surface area contributed by atoms with E-state index >= 15 is 0 Å². The molecule has 2 aromatic carbocycles. The molecule has 7 nitrogen and oxygen atoms in total. The molecule has 4 rings (SSSR count). The number of aromatic nitrogens is 2. The van der Waals surface area contributed by atoms with Crippen LogP contribution in [0.3, 0.4) is 0 Å². The Bertz CT molecular complexity index is 1020. The molecule has 1 aromatic heterocycles. The molecule has 1 aliphatic heterocycles. The summed E-state index contributed by atoms with van der Waals surface area (Å²) in [6.07, 6.45) is 0.832. The first-order valence-electron chi connectivity index (χ1n) is 9.24. The first kappa shape index (κ1) is 19.1. The van der Waals surface area contributed by atoms with E-state index in [0.29, 0.717) is 23.8 Å². The van der Waals surface area contributed by atoms with Crippen molar-refractivity contribution < 1.29 is 14.3 Å². The fourth-order valence-corrected chi connectivity index (χ4v) is 4.04. The van der Waals surface area contributed by atoms with Gasteiger partial charge >= 0.3 is 0 Å². The number of methoxy groups -OCH3 is 1. The summed E-state index contributed by atoms with van der Waals surface area (Å²) >= 11 is 1.35. The third-order valence-corrected chi connectivity index (χ3v) is 5.59. The first-order chi connectivity index (χ1) is 14.1. The van der Waals surface area contributed by atoms with Gasteiger partial charge in [-0.2, -0.15) is 0 Å². The molecule has 0 saturated carbocycles. The lowest BCUT2D eigenvalue weighted by molar-refractivity contribution is -0.122. The zero-order chi connectivity index (χ0) is 20.2. The molecule has 1 saturated heterocycles. The van der Waals surface area contributed by atoms with Gasteiger partial charge in [0.15, 0.2) is 0 Å². The third kappa shape index (κ3) is 4.43. The van der Waals surface area contributed by atoms with Crippen molar-refractivity contribution in [3.05, 3.63) is 65.2 Å². The summed E-state index contributed by atoms with van der Waals surface area (Å²) in [5, 5.41) is 12.3. The Kier molecular flexibility index (Phi) is 5.53. The maximum absolute atomic E-state index is 12.7. The van der Waals surface area contributed by atoms with Crippen LogP contribution in [0.2, 0.25) is 0 Å². The van der Waals surface area contributed by atoms with Crippen LogP contribution in [-0.4, -0.2) is 35.7 Å². The van der Waals surface area contributed by atoms with E-state index in [1.807, 2.05) is 48.5 Å². The van der Waals surface area contributed by atoms with Crippen LogP contribution < -0.4 is 15.0 Å². The summed E-state index contributed by atoms with van der Waals surface area (Å²) in [6.45, 7) is 0.327. The van der Waals surface area contributed by atoms with Crippen molar-refractivity contribution in [1.82, 2.24) is 10.2 Å². The molecule has 1 aliphatic rings. The molecule has 0 unspecified atom stereocenters. The number of nitrogens with one attached hydrogen (secondary N) is 1. The standard InChI is InChI=1S/C21H20N4O3S/c1-28-17-9-5-8-16(12-17)25-13-15(11-19(25)26)20(27)22-21-24-23-18(29-21)10-14-6-3-2-4-7-14/h2-9,12,15H,10-11,13H2,1H3,(H,22,24,27)/t15-/m0/s1. The SMILES string of the molecule is COc1cccc(N2C[C@@H](C(=O)Nc3nnc(Cc4ccccc4)s3)CC2=O)c1. The second-order valence-electron chi connectivity index (χ2n) is 6.76. The summed E-state index contributed by atoms with van der Waals surface area (Å²) < 4.78 is 5.22. The van der Waals surface area contributed by atoms with Gasteiger partial charge in [0.2, 0.25) is 16.9 Å². The Labute approximate surface area is 172 Å². The van der Waals surface area contributed by atoms with Gasteiger partial charge < -0.3 is 15.0 Å². The van der Waals surface area contributed by atoms with Crippen LogP contribution in [0.5, 0.6) is 5.75 Å². The molecule has 0 bridgehead atoms. The van der Waals surface area contributed by atoms with Crippen LogP contribution in [0.1, 0.15) is 17.0 Å². The van der Waals surface area contributed by atoms with Gasteiger partial charge in [-0.25, -0.2) is 0 Å². The number of amides is 2. The van der Waals surface area contributed by atoms with Gasteiger partial charge in [0.05, 0.1) is 13.0 Å². The van der Waals surface area contributed by atoms with Gasteiger partial charge in [0.25, 0.3) is 0 Å². The number of carbonyl (C=O) groups excluding carboxylic acids is 2. The molecule has 0 radical (unpaired) electrons. The summed E-state index contributed by atoms with van der Waals surface area (Å²) in [4.78, 5) is 26.7. The van der Waals surface area contributed by atoms with Gasteiger partial charge in [-0.3, -0.25) is 9.59 Å². The van der Waals surface area contributed by atoms with Gasteiger partial charge in [-0.15, -0.1) is 10.2 Å². The highest BCUT2D eigenvalue weighted by atomic mass is 32.1. The van der Waals surface area contributed by atoms with Crippen molar-refractivity contribution in [2.45, 2.75) is 12.8 Å². The fourth-order valence-electron chi connectivity index (χ4n) is 3.26. The normalized spacial score (nSPS) is 16.1. The van der Waals surface area contributed by atoms with Crippen LogP contribution in [0, 0.1) is 5.92 Å². The molecule has 1 atom stereocenters. The molecular weight excluding hydrogens is 388 g/mol. The Morgan fingerprint density at radius 3 is 2.83 bits per heavy atom. The zero-order valence-electron chi connectivity index (χ0n) is 15.9. The molecule has 29 heavy (non-hydrogen) atoms. The van der Waals surface area contributed by atoms with Crippen molar-refractivity contribution >= 4 is 34.0 Å². The summed E-state index contributed by atoms with van der Waals surface area (Å²) in [5.41, 5.74) is 1.86. The zero-order valence-corrected chi connectivity index (χ0v) is 16.7. The first-order valence-corrected chi connectivity index (χ1v) is 10.1. The van der Waals surface area contributed by atoms with Crippen molar-refractivity contribution in [1.29, 1.82) is 0 Å². The van der Waals surface area contributed by atoms with E-state index in [2.05, 4.69) is 15.5 Å². The van der Waals surface area contributed by atoms with E-state index in [-0.39, 0.29) is 18.2 Å². The maximum atomic E-state index is 12.7. The summed E-state index contributed by atoms with van der Waals surface area (Å²) in [7, 11) is 1.58. The highest BCUT2D eigenvalue weighted by molar-refractivity contribution is 7.15. The molecule has 148 valence electrons. The molecule has 0 aliphatic carbocycles. The second kappa shape index (κ2) is 8.40. The lowest BCUT2D eigenvalue weighted by Gasteiger charge is -2.17. The summed E-state index contributed by atoms with van der Waals surface area (Å²) in [5.74, 6) is -0.0650. The number of anilines is 2. The van der Waals surface area contributed by atoms with Crippen molar-refractivity contribution in [3.8, 4) is 5.75 Å². The Hall–Kier alpha value is -3.26. The van der Waals surface area contributed by atoms with Crippen molar-refractivity contribution in [2.75, 3.05) is 23.9 Å². The van der Waals surface area contributed by atoms with Crippen LogP contribution in [-0.2, 0) is 16.0 Å². The molecule has 3 aromatic rings. The molecule has 2 amide bonds. The van der Waals surface area contributed by atoms with E-state index in [1.165, 1.54) is 11.3 Å². The Morgan fingerprint density at radius 1 is 1.21 bits per heavy atom. The number of benzene rings is 2. The third-order valence-electron chi connectivity index (χ3n) is 4.76. The topological polar surface area (TPSA) is 84.4 Å². The molecule has 8 heteroatoms. The number of rotatable bonds is 6. The minimum Gasteiger partial charge on any atom is -0.497 e. The average Bonchev–Trinajstić information content (AvgIpc) is 3.35. The van der Waals surface area contributed by atoms with Gasteiger partial charge in [-0.1, -0.05) is 47.7 Å². The Morgan fingerprint density at radius 2 is 2.03 bits per heavy atom. The quantitative estimate of drug-likeness (QED) is 0.677. The number of hydrogen-bond donors (Lipinski definition) is 1. The number of ether oxygens (including phenoxy) is 1. The monoisotopic (exact) mass is 408 g/mol. The molecule has 0 spiro atoms. The molecule has 2 heterocycles. The predicted molar refractivity (Wildman–Crippen MR) is 111 cm³/mol. The van der Waals surface area contributed by atoms with E-state index in [1.54, 1.807) is 18.1 Å². The molecular formula is C21H20N4O3S. The van der Waals surface area contributed by atoms with Crippen molar-refractivity contribution in [2.24, 2.45) is 5.92 Å². The minimum absolute atomic E-state index is 0.0829. The average molecular weight is 408 g/mol. The lowest BCUT2D eigenvalue weighted by Crippen LogP contribution is -2.28.